The molecule has 1 aromatic heterocycles. The summed E-state index contributed by atoms with van der Waals surface area (Å²) in [6.07, 6.45) is 2.68. The number of hydrogen-bond donors (Lipinski definition) is 2. The Kier molecular flexibility index (Phi) is 8.50. The van der Waals surface area contributed by atoms with E-state index in [1.807, 2.05) is 31.2 Å². The second kappa shape index (κ2) is 11.9. The van der Waals surface area contributed by atoms with E-state index in [9.17, 15) is 19.5 Å². The number of fused-ring (bicyclic) bond motifs is 1. The van der Waals surface area contributed by atoms with Gasteiger partial charge in [-0.2, -0.15) is 0 Å². The molecule has 42 heavy (non-hydrogen) atoms. The fraction of sp³-hybridized carbons (Fsp3) is 0.613. The maximum Gasteiger partial charge on any atom is 0.411 e. The van der Waals surface area contributed by atoms with Crippen LogP contribution in [0.15, 0.2) is 30.5 Å². The van der Waals surface area contributed by atoms with Crippen molar-refractivity contribution in [2.45, 2.75) is 109 Å². The quantitative estimate of drug-likeness (QED) is 0.436. The standard InChI is InChI=1S/C31H42N4O7/c1-6-40-22-11-12-24-19(15-22)13-14-32-28(24)41-23-16-25(34(17-23)30(39)42-31(3,4)5)29(38)35(21-9-10-21)18(2)26(36)27(37)33-20-7-8-20/h11-15,18,20-21,23,25-26,36H,6-10,16-17H2,1-5H3,(H,33,37)/t18-,23+,25-,26?/m0/s1. The molecule has 2 heterocycles. The number of carbonyl (C=O) groups is 3. The molecule has 2 aromatic rings. The SMILES string of the molecule is CCOc1ccc2c(O[C@@H]3C[C@@H](C(=O)N(C4CC4)[C@@H](C)C(O)C(=O)NC4CC4)N(C(=O)OC(C)(C)C)C3)nccc2c1. The number of pyridine rings is 1. The predicted molar refractivity (Wildman–Crippen MR) is 155 cm³/mol. The number of carbonyl (C=O) groups excluding carboxylic acids is 3. The summed E-state index contributed by atoms with van der Waals surface area (Å²) in [6, 6.07) is 5.88. The van der Waals surface area contributed by atoms with Gasteiger partial charge in [-0.15, -0.1) is 0 Å². The van der Waals surface area contributed by atoms with Crippen molar-refractivity contribution >= 4 is 28.7 Å². The van der Waals surface area contributed by atoms with Gasteiger partial charge in [0.15, 0.2) is 6.10 Å². The van der Waals surface area contributed by atoms with Crippen molar-refractivity contribution < 1.29 is 33.7 Å². The lowest BCUT2D eigenvalue weighted by Gasteiger charge is -2.36. The molecule has 1 unspecified atom stereocenters. The molecule has 1 aliphatic heterocycles. The molecule has 5 rings (SSSR count). The van der Waals surface area contributed by atoms with Crippen LogP contribution in [-0.4, -0.2) is 92.9 Å². The summed E-state index contributed by atoms with van der Waals surface area (Å²) in [5.41, 5.74) is -0.764. The smallest absolute Gasteiger partial charge is 0.411 e. The van der Waals surface area contributed by atoms with Gasteiger partial charge in [-0.3, -0.25) is 14.5 Å². The molecule has 2 saturated carbocycles. The zero-order valence-corrected chi connectivity index (χ0v) is 25.0. The molecule has 2 N–H and O–H groups in total. The lowest BCUT2D eigenvalue weighted by Crippen LogP contribution is -2.57. The van der Waals surface area contributed by atoms with Crippen molar-refractivity contribution in [1.82, 2.24) is 20.1 Å². The molecule has 3 amide bonds. The van der Waals surface area contributed by atoms with Crippen LogP contribution in [0.1, 0.15) is 66.7 Å². The Balaban J connectivity index is 1.38. The maximum atomic E-state index is 14.2. The van der Waals surface area contributed by atoms with Crippen LogP contribution >= 0.6 is 0 Å². The Labute approximate surface area is 246 Å². The van der Waals surface area contributed by atoms with Crippen LogP contribution in [0.4, 0.5) is 4.79 Å². The first-order chi connectivity index (χ1) is 19.9. The van der Waals surface area contributed by atoms with Gasteiger partial charge in [0.1, 0.15) is 23.5 Å². The Hall–Kier alpha value is -3.60. The normalized spacial score (nSPS) is 21.9. The molecule has 0 spiro atoms. The fourth-order valence-electron chi connectivity index (χ4n) is 5.40. The van der Waals surface area contributed by atoms with E-state index < -0.39 is 41.9 Å². The highest BCUT2D eigenvalue weighted by molar-refractivity contribution is 5.89. The zero-order valence-electron chi connectivity index (χ0n) is 25.0. The summed E-state index contributed by atoms with van der Waals surface area (Å²) in [5, 5.41) is 15.4. The number of aliphatic hydroxyl groups excluding tert-OH is 1. The van der Waals surface area contributed by atoms with Crippen LogP contribution in [0.5, 0.6) is 11.6 Å². The van der Waals surface area contributed by atoms with Crippen molar-refractivity contribution in [3.8, 4) is 11.6 Å². The van der Waals surface area contributed by atoms with Gasteiger partial charge < -0.3 is 29.5 Å². The second-order valence-corrected chi connectivity index (χ2v) is 12.5. The number of nitrogens with zero attached hydrogens (tertiary/aromatic N) is 3. The van der Waals surface area contributed by atoms with Crippen molar-refractivity contribution in [2.75, 3.05) is 13.2 Å². The largest absolute Gasteiger partial charge is 0.494 e. The van der Waals surface area contributed by atoms with Crippen LogP contribution in [-0.2, 0) is 14.3 Å². The lowest BCUT2D eigenvalue weighted by atomic mass is 10.1. The first-order valence-corrected chi connectivity index (χ1v) is 14.9. The van der Waals surface area contributed by atoms with Gasteiger partial charge in [0.25, 0.3) is 5.91 Å². The van der Waals surface area contributed by atoms with Crippen LogP contribution in [0.3, 0.4) is 0 Å². The number of amides is 3. The number of rotatable bonds is 10. The zero-order chi connectivity index (χ0) is 30.2. The van der Waals surface area contributed by atoms with Crippen LogP contribution < -0.4 is 14.8 Å². The van der Waals surface area contributed by atoms with Gasteiger partial charge in [0.05, 0.1) is 19.2 Å². The fourth-order valence-corrected chi connectivity index (χ4v) is 5.40. The highest BCUT2D eigenvalue weighted by Crippen LogP contribution is 2.35. The van der Waals surface area contributed by atoms with Gasteiger partial charge in [-0.05, 0) is 90.0 Å². The number of aromatic nitrogens is 1. The molecule has 2 aliphatic carbocycles. The Bertz CT molecular complexity index is 1320. The highest BCUT2D eigenvalue weighted by atomic mass is 16.6. The average molecular weight is 583 g/mol. The molecule has 11 heteroatoms. The third-order valence-corrected chi connectivity index (χ3v) is 7.75. The van der Waals surface area contributed by atoms with Crippen LogP contribution in [0, 0.1) is 0 Å². The van der Waals surface area contributed by atoms with Crippen molar-refractivity contribution in [2.24, 2.45) is 0 Å². The third kappa shape index (κ3) is 6.88. The van der Waals surface area contributed by atoms with Crippen molar-refractivity contribution in [1.29, 1.82) is 0 Å². The summed E-state index contributed by atoms with van der Waals surface area (Å²) < 4.78 is 17.6. The Morgan fingerprint density at radius 1 is 1.17 bits per heavy atom. The molecule has 0 radical (unpaired) electrons. The van der Waals surface area contributed by atoms with E-state index in [-0.39, 0.29) is 31.0 Å². The van der Waals surface area contributed by atoms with Crippen LogP contribution in [0.25, 0.3) is 10.8 Å². The Morgan fingerprint density at radius 2 is 1.90 bits per heavy atom. The van der Waals surface area contributed by atoms with Crippen molar-refractivity contribution in [3.05, 3.63) is 30.5 Å². The molecular formula is C31H42N4O7. The topological polar surface area (TPSA) is 131 Å². The molecule has 4 atom stereocenters. The number of likely N-dealkylation sites (tertiary alicyclic amines) is 1. The lowest BCUT2D eigenvalue weighted by molar-refractivity contribution is -0.145. The number of benzene rings is 1. The van der Waals surface area contributed by atoms with Gasteiger partial charge in [0, 0.05) is 30.1 Å². The van der Waals surface area contributed by atoms with E-state index in [0.29, 0.717) is 12.5 Å². The Morgan fingerprint density at radius 3 is 2.55 bits per heavy atom. The third-order valence-electron chi connectivity index (χ3n) is 7.75. The van der Waals surface area contributed by atoms with Crippen LogP contribution in [0.2, 0.25) is 0 Å². The minimum Gasteiger partial charge on any atom is -0.494 e. The average Bonchev–Trinajstić information content (AvgIpc) is 3.87. The molecule has 0 bridgehead atoms. The first kappa shape index (κ1) is 29.9. The van der Waals surface area contributed by atoms with Gasteiger partial charge >= 0.3 is 6.09 Å². The highest BCUT2D eigenvalue weighted by Gasteiger charge is 2.49. The number of aliphatic hydroxyl groups is 1. The molecule has 228 valence electrons. The van der Waals surface area contributed by atoms with Crippen molar-refractivity contribution in [3.63, 3.8) is 0 Å². The maximum absolute atomic E-state index is 14.2. The second-order valence-electron chi connectivity index (χ2n) is 12.5. The number of nitrogens with one attached hydrogen (secondary N) is 1. The molecular weight excluding hydrogens is 540 g/mol. The number of hydrogen-bond acceptors (Lipinski definition) is 8. The molecule has 3 aliphatic rings. The molecule has 1 saturated heterocycles. The van der Waals surface area contributed by atoms with Gasteiger partial charge in [-0.1, -0.05) is 0 Å². The van der Waals surface area contributed by atoms with E-state index in [1.165, 1.54) is 4.90 Å². The minimum absolute atomic E-state index is 0.0910. The predicted octanol–water partition coefficient (Wildman–Crippen LogP) is 3.41. The van der Waals surface area contributed by atoms with Gasteiger partial charge in [0.2, 0.25) is 11.8 Å². The molecule has 3 fully saturated rings. The molecule has 11 nitrogen and oxygen atoms in total. The monoisotopic (exact) mass is 582 g/mol. The summed E-state index contributed by atoms with van der Waals surface area (Å²) in [5.74, 6) is 0.339. The van der Waals surface area contributed by atoms with E-state index in [4.69, 9.17) is 14.2 Å². The van der Waals surface area contributed by atoms with E-state index in [0.717, 1.165) is 42.2 Å². The van der Waals surface area contributed by atoms with Gasteiger partial charge in [-0.25, -0.2) is 9.78 Å². The minimum atomic E-state index is -1.37. The summed E-state index contributed by atoms with van der Waals surface area (Å²) >= 11 is 0. The van der Waals surface area contributed by atoms with E-state index in [1.54, 1.807) is 38.8 Å². The first-order valence-electron chi connectivity index (χ1n) is 14.9. The number of ether oxygens (including phenoxy) is 3. The summed E-state index contributed by atoms with van der Waals surface area (Å²) in [7, 11) is 0. The molecule has 1 aromatic carbocycles. The summed E-state index contributed by atoms with van der Waals surface area (Å²) in [6.45, 7) is 9.61. The summed E-state index contributed by atoms with van der Waals surface area (Å²) in [4.78, 5) is 47.6. The van der Waals surface area contributed by atoms with E-state index in [2.05, 4.69) is 10.3 Å². The van der Waals surface area contributed by atoms with E-state index >= 15 is 0 Å².